The van der Waals surface area contributed by atoms with Gasteiger partial charge in [-0.25, -0.2) is 0 Å². The Hall–Kier alpha value is -2.49. The van der Waals surface area contributed by atoms with Crippen LogP contribution in [0.3, 0.4) is 0 Å². The van der Waals surface area contributed by atoms with Crippen LogP contribution < -0.4 is 15.6 Å². The third kappa shape index (κ3) is 5.52. The lowest BCUT2D eigenvalue weighted by Gasteiger charge is -2.20. The number of hydrogen-bond donors (Lipinski definition) is 2. The van der Waals surface area contributed by atoms with Crippen LogP contribution in [0.25, 0.3) is 0 Å². The number of ether oxygens (including phenoxy) is 1. The lowest BCUT2D eigenvalue weighted by atomic mass is 9.87. The molecule has 134 valence electrons. The molecular formula is C21H28N2O2. The third-order valence-corrected chi connectivity index (χ3v) is 3.95. The SMILES string of the molecule is Cc1cc(C)cc(NNC(=O)[C@H](C)Oc2ccc(C(C)(C)C)cc2)c1. The van der Waals surface area contributed by atoms with E-state index < -0.39 is 6.10 Å². The summed E-state index contributed by atoms with van der Waals surface area (Å²) in [7, 11) is 0. The molecule has 0 aliphatic heterocycles. The van der Waals surface area contributed by atoms with Crippen LogP contribution in [0.2, 0.25) is 0 Å². The lowest BCUT2D eigenvalue weighted by Crippen LogP contribution is -2.39. The van der Waals surface area contributed by atoms with Gasteiger partial charge in [0.05, 0.1) is 5.69 Å². The van der Waals surface area contributed by atoms with E-state index >= 15 is 0 Å². The average molecular weight is 340 g/mol. The molecule has 0 aromatic heterocycles. The number of hydrazine groups is 1. The second-order valence-corrected chi connectivity index (χ2v) is 7.53. The molecule has 0 bridgehead atoms. The molecule has 2 N–H and O–H groups in total. The Morgan fingerprint density at radius 1 is 1.00 bits per heavy atom. The second-order valence-electron chi connectivity index (χ2n) is 7.53. The minimum absolute atomic E-state index is 0.0946. The largest absolute Gasteiger partial charge is 0.481 e. The van der Waals surface area contributed by atoms with Gasteiger partial charge in [0, 0.05) is 0 Å². The van der Waals surface area contributed by atoms with E-state index in [0.717, 1.165) is 16.8 Å². The van der Waals surface area contributed by atoms with E-state index in [1.165, 1.54) is 5.56 Å². The molecule has 0 aliphatic rings. The van der Waals surface area contributed by atoms with Gasteiger partial charge in [-0.15, -0.1) is 0 Å². The number of anilines is 1. The quantitative estimate of drug-likeness (QED) is 0.787. The minimum atomic E-state index is -0.598. The first kappa shape index (κ1) is 18.8. The molecule has 25 heavy (non-hydrogen) atoms. The monoisotopic (exact) mass is 340 g/mol. The van der Waals surface area contributed by atoms with Crippen molar-refractivity contribution in [3.8, 4) is 5.75 Å². The smallest absolute Gasteiger partial charge is 0.279 e. The number of carbonyl (C=O) groups excluding carboxylic acids is 1. The molecule has 0 radical (unpaired) electrons. The van der Waals surface area contributed by atoms with Crippen molar-refractivity contribution in [1.82, 2.24) is 5.43 Å². The molecule has 0 heterocycles. The van der Waals surface area contributed by atoms with Gasteiger partial charge in [-0.1, -0.05) is 39.0 Å². The van der Waals surface area contributed by atoms with Crippen molar-refractivity contribution in [2.45, 2.75) is 53.1 Å². The van der Waals surface area contributed by atoms with E-state index in [1.54, 1.807) is 6.92 Å². The van der Waals surface area contributed by atoms with Crippen LogP contribution >= 0.6 is 0 Å². The molecule has 2 aromatic carbocycles. The summed E-state index contributed by atoms with van der Waals surface area (Å²) in [6.07, 6.45) is -0.598. The standard InChI is InChI=1S/C21H28N2O2/c1-14-11-15(2)13-18(12-14)22-23-20(24)16(3)25-19-9-7-17(8-10-19)21(4,5)6/h7-13,16,22H,1-6H3,(H,23,24)/t16-/m0/s1. The first-order valence-corrected chi connectivity index (χ1v) is 8.56. The fourth-order valence-electron chi connectivity index (χ4n) is 2.57. The Balaban J connectivity index is 1.91. The maximum atomic E-state index is 12.2. The summed E-state index contributed by atoms with van der Waals surface area (Å²) >= 11 is 0. The molecular weight excluding hydrogens is 312 g/mol. The maximum Gasteiger partial charge on any atom is 0.279 e. The average Bonchev–Trinajstić information content (AvgIpc) is 2.51. The van der Waals surface area contributed by atoms with Crippen molar-refractivity contribution in [3.63, 3.8) is 0 Å². The molecule has 0 unspecified atom stereocenters. The number of aryl methyl sites for hydroxylation is 2. The van der Waals surface area contributed by atoms with Crippen LogP contribution in [0.4, 0.5) is 5.69 Å². The van der Waals surface area contributed by atoms with Crippen molar-refractivity contribution in [3.05, 3.63) is 59.2 Å². The van der Waals surface area contributed by atoms with Gasteiger partial charge < -0.3 is 4.74 Å². The number of nitrogens with one attached hydrogen (secondary N) is 2. The fraction of sp³-hybridized carbons (Fsp3) is 0.381. The zero-order chi connectivity index (χ0) is 18.6. The number of amides is 1. The number of carbonyl (C=O) groups is 1. The summed E-state index contributed by atoms with van der Waals surface area (Å²) < 4.78 is 5.73. The van der Waals surface area contributed by atoms with Crippen LogP contribution in [-0.2, 0) is 10.2 Å². The van der Waals surface area contributed by atoms with Crippen molar-refractivity contribution in [1.29, 1.82) is 0 Å². The van der Waals surface area contributed by atoms with E-state index in [0.29, 0.717) is 5.75 Å². The van der Waals surface area contributed by atoms with Gasteiger partial charge in [0.2, 0.25) is 0 Å². The van der Waals surface area contributed by atoms with Crippen LogP contribution in [0.1, 0.15) is 44.4 Å². The molecule has 0 saturated carbocycles. The third-order valence-electron chi connectivity index (χ3n) is 3.95. The van der Waals surface area contributed by atoms with E-state index in [1.807, 2.05) is 50.2 Å². The minimum Gasteiger partial charge on any atom is -0.481 e. The molecule has 1 atom stereocenters. The van der Waals surface area contributed by atoms with Gasteiger partial charge in [-0.05, 0) is 67.1 Å². The highest BCUT2D eigenvalue weighted by Gasteiger charge is 2.16. The summed E-state index contributed by atoms with van der Waals surface area (Å²) in [5.41, 5.74) is 10.1. The Kier molecular flexibility index (Phi) is 5.73. The summed E-state index contributed by atoms with van der Waals surface area (Å²) in [5, 5.41) is 0. The van der Waals surface area contributed by atoms with E-state index in [-0.39, 0.29) is 11.3 Å². The van der Waals surface area contributed by atoms with Crippen molar-refractivity contribution < 1.29 is 9.53 Å². The Labute approximate surface area is 150 Å². The Morgan fingerprint density at radius 3 is 2.08 bits per heavy atom. The van der Waals surface area contributed by atoms with Gasteiger partial charge >= 0.3 is 0 Å². The highest BCUT2D eigenvalue weighted by atomic mass is 16.5. The molecule has 2 aromatic rings. The van der Waals surface area contributed by atoms with Crippen molar-refractivity contribution >= 4 is 11.6 Å². The number of hydrogen-bond acceptors (Lipinski definition) is 3. The Bertz CT molecular complexity index is 710. The highest BCUT2D eigenvalue weighted by Crippen LogP contribution is 2.24. The first-order chi connectivity index (χ1) is 11.6. The maximum absolute atomic E-state index is 12.2. The predicted octanol–water partition coefficient (Wildman–Crippen LogP) is 4.51. The highest BCUT2D eigenvalue weighted by molar-refractivity contribution is 5.82. The number of rotatable bonds is 5. The van der Waals surface area contributed by atoms with E-state index in [2.05, 4.69) is 37.7 Å². The molecule has 0 aliphatic carbocycles. The summed E-state index contributed by atoms with van der Waals surface area (Å²) in [6.45, 7) is 12.3. The summed E-state index contributed by atoms with van der Waals surface area (Å²) in [5.74, 6) is 0.459. The number of benzene rings is 2. The predicted molar refractivity (Wildman–Crippen MR) is 103 cm³/mol. The molecule has 2 rings (SSSR count). The van der Waals surface area contributed by atoms with Gasteiger partial charge in [0.15, 0.2) is 6.10 Å². The zero-order valence-corrected chi connectivity index (χ0v) is 15.9. The van der Waals surface area contributed by atoms with E-state index in [4.69, 9.17) is 4.74 Å². The molecule has 4 nitrogen and oxygen atoms in total. The molecule has 4 heteroatoms. The van der Waals surface area contributed by atoms with Crippen LogP contribution in [0.15, 0.2) is 42.5 Å². The summed E-state index contributed by atoms with van der Waals surface area (Å²) in [6, 6.07) is 13.9. The van der Waals surface area contributed by atoms with E-state index in [9.17, 15) is 4.79 Å². The van der Waals surface area contributed by atoms with Crippen molar-refractivity contribution in [2.75, 3.05) is 5.43 Å². The zero-order valence-electron chi connectivity index (χ0n) is 15.9. The van der Waals surface area contributed by atoms with Gasteiger partial charge in [0.1, 0.15) is 5.75 Å². The molecule has 0 saturated heterocycles. The first-order valence-electron chi connectivity index (χ1n) is 8.56. The Morgan fingerprint density at radius 2 is 1.56 bits per heavy atom. The lowest BCUT2D eigenvalue weighted by molar-refractivity contribution is -0.126. The molecule has 0 fully saturated rings. The molecule has 1 amide bonds. The second kappa shape index (κ2) is 7.60. The van der Waals surface area contributed by atoms with Crippen molar-refractivity contribution in [2.24, 2.45) is 0 Å². The molecule has 0 spiro atoms. The van der Waals surface area contributed by atoms with Gasteiger partial charge in [-0.3, -0.25) is 15.6 Å². The van der Waals surface area contributed by atoms with Crippen LogP contribution in [-0.4, -0.2) is 12.0 Å². The van der Waals surface area contributed by atoms with Crippen LogP contribution in [0, 0.1) is 13.8 Å². The fourth-order valence-corrected chi connectivity index (χ4v) is 2.57. The van der Waals surface area contributed by atoms with Gasteiger partial charge in [0.25, 0.3) is 5.91 Å². The topological polar surface area (TPSA) is 50.4 Å². The van der Waals surface area contributed by atoms with Crippen LogP contribution in [0.5, 0.6) is 5.75 Å². The summed E-state index contributed by atoms with van der Waals surface area (Å²) in [4.78, 5) is 12.2. The van der Waals surface area contributed by atoms with Gasteiger partial charge in [-0.2, -0.15) is 0 Å². The normalized spacial score (nSPS) is 12.4.